The highest BCUT2D eigenvalue weighted by atomic mass is 79.9. The van der Waals surface area contributed by atoms with Gasteiger partial charge < -0.3 is 10.7 Å². The lowest BCUT2D eigenvalue weighted by molar-refractivity contribution is 0.601. The standard InChI is InChI=1S/C9H9BrN4O2S/c10-6-3-8(9(11)13-4-6)17(15,16)14-7-1-2-12-5-7/h1-5,12,14H,(H2,11,13). The van der Waals surface area contributed by atoms with E-state index in [4.69, 9.17) is 5.73 Å². The molecule has 2 aromatic rings. The summed E-state index contributed by atoms with van der Waals surface area (Å²) < 4.78 is 26.9. The van der Waals surface area contributed by atoms with Gasteiger partial charge in [0.05, 0.1) is 5.69 Å². The van der Waals surface area contributed by atoms with E-state index in [9.17, 15) is 8.42 Å². The molecule has 4 N–H and O–H groups in total. The van der Waals surface area contributed by atoms with Gasteiger partial charge in [0.2, 0.25) is 0 Å². The molecule has 2 rings (SSSR count). The Labute approximate surface area is 106 Å². The van der Waals surface area contributed by atoms with Crippen LogP contribution in [0.3, 0.4) is 0 Å². The fourth-order valence-electron chi connectivity index (χ4n) is 1.24. The van der Waals surface area contributed by atoms with Crippen LogP contribution in [0.4, 0.5) is 11.5 Å². The van der Waals surface area contributed by atoms with Gasteiger partial charge in [-0.25, -0.2) is 13.4 Å². The number of nitrogens with two attached hydrogens (primary N) is 1. The molecule has 0 unspecified atom stereocenters. The number of nitrogens with zero attached hydrogens (tertiary/aromatic N) is 1. The SMILES string of the molecule is Nc1ncc(Br)cc1S(=O)(=O)Nc1cc[nH]c1. The number of aromatic nitrogens is 2. The number of hydrogen-bond acceptors (Lipinski definition) is 4. The second-order valence-electron chi connectivity index (χ2n) is 3.24. The van der Waals surface area contributed by atoms with Gasteiger partial charge in [-0.1, -0.05) is 0 Å². The molecule has 0 saturated heterocycles. The normalized spacial score (nSPS) is 11.4. The molecule has 0 aliphatic heterocycles. The first-order valence-corrected chi connectivity index (χ1v) is 6.83. The van der Waals surface area contributed by atoms with Crippen LogP contribution in [0.2, 0.25) is 0 Å². The molecule has 0 amide bonds. The Morgan fingerprint density at radius 2 is 2.24 bits per heavy atom. The fourth-order valence-corrected chi connectivity index (χ4v) is 2.88. The molecule has 0 saturated carbocycles. The van der Waals surface area contributed by atoms with Crippen LogP contribution in [0.15, 0.2) is 40.1 Å². The maximum atomic E-state index is 12.0. The molecular weight excluding hydrogens is 308 g/mol. The van der Waals surface area contributed by atoms with Crippen LogP contribution in [-0.2, 0) is 10.0 Å². The summed E-state index contributed by atoms with van der Waals surface area (Å²) in [5.74, 6) is -0.0452. The molecule has 0 spiro atoms. The number of rotatable bonds is 3. The lowest BCUT2D eigenvalue weighted by Gasteiger charge is -2.08. The van der Waals surface area contributed by atoms with Gasteiger partial charge in [0.15, 0.2) is 0 Å². The number of halogens is 1. The van der Waals surface area contributed by atoms with Crippen molar-refractivity contribution in [3.63, 3.8) is 0 Å². The van der Waals surface area contributed by atoms with Gasteiger partial charge in [-0.15, -0.1) is 0 Å². The molecule has 0 fully saturated rings. The summed E-state index contributed by atoms with van der Waals surface area (Å²) in [4.78, 5) is 6.46. The molecule has 90 valence electrons. The topological polar surface area (TPSA) is 101 Å². The van der Waals surface area contributed by atoms with E-state index in [-0.39, 0.29) is 10.7 Å². The van der Waals surface area contributed by atoms with Crippen LogP contribution in [0.5, 0.6) is 0 Å². The number of nitrogen functional groups attached to an aromatic ring is 1. The monoisotopic (exact) mass is 316 g/mol. The van der Waals surface area contributed by atoms with Gasteiger partial charge in [0.1, 0.15) is 10.7 Å². The van der Waals surface area contributed by atoms with E-state index in [0.29, 0.717) is 10.2 Å². The van der Waals surface area contributed by atoms with Crippen LogP contribution < -0.4 is 10.5 Å². The minimum atomic E-state index is -3.72. The van der Waals surface area contributed by atoms with Crippen LogP contribution in [0.1, 0.15) is 0 Å². The molecule has 6 nitrogen and oxygen atoms in total. The second-order valence-corrected chi connectivity index (χ2v) is 5.81. The van der Waals surface area contributed by atoms with E-state index in [1.54, 1.807) is 12.3 Å². The lowest BCUT2D eigenvalue weighted by atomic mass is 10.5. The quantitative estimate of drug-likeness (QED) is 0.799. The highest BCUT2D eigenvalue weighted by Crippen LogP contribution is 2.22. The molecule has 0 aliphatic rings. The van der Waals surface area contributed by atoms with Crippen molar-refractivity contribution in [1.29, 1.82) is 0 Å². The van der Waals surface area contributed by atoms with Gasteiger partial charge in [-0.2, -0.15) is 0 Å². The van der Waals surface area contributed by atoms with E-state index in [1.165, 1.54) is 18.5 Å². The van der Waals surface area contributed by atoms with Gasteiger partial charge in [-0.05, 0) is 28.1 Å². The summed E-state index contributed by atoms with van der Waals surface area (Å²) in [7, 11) is -3.72. The average molecular weight is 317 g/mol. The van der Waals surface area contributed by atoms with Crippen LogP contribution in [-0.4, -0.2) is 18.4 Å². The summed E-state index contributed by atoms with van der Waals surface area (Å²) in [6.45, 7) is 0. The Kier molecular flexibility index (Phi) is 3.07. The van der Waals surface area contributed by atoms with Crippen molar-refractivity contribution in [1.82, 2.24) is 9.97 Å². The van der Waals surface area contributed by atoms with Gasteiger partial charge >= 0.3 is 0 Å². The minimum absolute atomic E-state index is 0.0452. The van der Waals surface area contributed by atoms with E-state index >= 15 is 0 Å². The molecule has 0 aliphatic carbocycles. The highest BCUT2D eigenvalue weighted by molar-refractivity contribution is 9.10. The number of anilines is 2. The molecule has 0 radical (unpaired) electrons. The smallest absolute Gasteiger partial charge is 0.265 e. The molecule has 17 heavy (non-hydrogen) atoms. The first-order chi connectivity index (χ1) is 7.99. The van der Waals surface area contributed by atoms with Crippen molar-refractivity contribution in [2.24, 2.45) is 0 Å². The molecule has 2 heterocycles. The van der Waals surface area contributed by atoms with E-state index in [2.05, 4.69) is 30.6 Å². The van der Waals surface area contributed by atoms with Crippen molar-refractivity contribution in [2.45, 2.75) is 4.90 Å². The summed E-state index contributed by atoms with van der Waals surface area (Å²) in [6, 6.07) is 3.00. The van der Waals surface area contributed by atoms with Gasteiger partial charge in [-0.3, -0.25) is 4.72 Å². The summed E-state index contributed by atoms with van der Waals surface area (Å²) in [5.41, 5.74) is 5.98. The Balaban J connectivity index is 2.41. The van der Waals surface area contributed by atoms with E-state index in [0.717, 1.165) is 0 Å². The lowest BCUT2D eigenvalue weighted by Crippen LogP contribution is -2.15. The van der Waals surface area contributed by atoms with Crippen molar-refractivity contribution in [3.8, 4) is 0 Å². The first kappa shape index (κ1) is 11.9. The molecular formula is C9H9BrN4O2S. The minimum Gasteiger partial charge on any atom is -0.383 e. The van der Waals surface area contributed by atoms with E-state index < -0.39 is 10.0 Å². The molecule has 0 atom stereocenters. The average Bonchev–Trinajstić information content (AvgIpc) is 2.73. The van der Waals surface area contributed by atoms with Crippen LogP contribution in [0, 0.1) is 0 Å². The van der Waals surface area contributed by atoms with Crippen molar-refractivity contribution >= 4 is 37.5 Å². The largest absolute Gasteiger partial charge is 0.383 e. The maximum Gasteiger partial charge on any atom is 0.265 e. The summed E-state index contributed by atoms with van der Waals surface area (Å²) >= 11 is 3.15. The van der Waals surface area contributed by atoms with Gasteiger partial charge in [0, 0.05) is 23.1 Å². The number of pyridine rings is 1. The van der Waals surface area contributed by atoms with Crippen LogP contribution >= 0.6 is 15.9 Å². The Hall–Kier alpha value is -1.54. The third-order valence-electron chi connectivity index (χ3n) is 1.99. The number of nitrogens with one attached hydrogen (secondary N) is 2. The Bertz CT molecular complexity index is 624. The molecule has 0 aromatic carbocycles. The van der Waals surface area contributed by atoms with Gasteiger partial charge in [0.25, 0.3) is 10.0 Å². The van der Waals surface area contributed by atoms with Crippen LogP contribution in [0.25, 0.3) is 0 Å². The number of H-pyrrole nitrogens is 1. The summed E-state index contributed by atoms with van der Waals surface area (Å²) in [6.07, 6.45) is 4.57. The first-order valence-electron chi connectivity index (χ1n) is 4.56. The predicted molar refractivity (Wildman–Crippen MR) is 68.0 cm³/mol. The van der Waals surface area contributed by atoms with Crippen molar-refractivity contribution in [3.05, 3.63) is 35.2 Å². The summed E-state index contributed by atoms with van der Waals surface area (Å²) in [5, 5.41) is 0. The highest BCUT2D eigenvalue weighted by Gasteiger charge is 2.19. The molecule has 2 aromatic heterocycles. The Morgan fingerprint density at radius 1 is 1.47 bits per heavy atom. The zero-order valence-electron chi connectivity index (χ0n) is 8.51. The predicted octanol–water partition coefficient (Wildman–Crippen LogP) is 1.56. The second kappa shape index (κ2) is 4.38. The molecule has 0 bridgehead atoms. The fraction of sp³-hybridized carbons (Fsp3) is 0. The maximum absolute atomic E-state index is 12.0. The van der Waals surface area contributed by atoms with E-state index in [1.807, 2.05) is 0 Å². The van der Waals surface area contributed by atoms with Crippen molar-refractivity contribution < 1.29 is 8.42 Å². The Morgan fingerprint density at radius 3 is 2.88 bits per heavy atom. The number of sulfonamides is 1. The zero-order chi connectivity index (χ0) is 12.5. The number of aromatic amines is 1. The number of hydrogen-bond donors (Lipinski definition) is 3. The van der Waals surface area contributed by atoms with Crippen molar-refractivity contribution in [2.75, 3.05) is 10.5 Å². The third kappa shape index (κ3) is 2.59. The molecule has 8 heteroatoms. The third-order valence-corrected chi connectivity index (χ3v) is 3.83. The zero-order valence-corrected chi connectivity index (χ0v) is 10.9.